The number of piperazine rings is 1. The van der Waals surface area contributed by atoms with Gasteiger partial charge in [-0.3, -0.25) is 4.90 Å². The van der Waals surface area contributed by atoms with Crippen LogP contribution >= 0.6 is 0 Å². The van der Waals surface area contributed by atoms with Gasteiger partial charge in [0, 0.05) is 44.9 Å². The summed E-state index contributed by atoms with van der Waals surface area (Å²) >= 11 is 0. The van der Waals surface area contributed by atoms with Crippen LogP contribution in [0.15, 0.2) is 0 Å². The van der Waals surface area contributed by atoms with Crippen molar-refractivity contribution < 1.29 is 4.74 Å². The van der Waals surface area contributed by atoms with E-state index in [1.807, 2.05) is 0 Å². The molecule has 3 aliphatic rings. The molecule has 0 radical (unpaired) electrons. The molecule has 1 aliphatic carbocycles. The van der Waals surface area contributed by atoms with E-state index < -0.39 is 0 Å². The molecule has 0 aromatic carbocycles. The summed E-state index contributed by atoms with van der Waals surface area (Å²) in [6.45, 7) is 6.98. The zero-order valence-electron chi connectivity index (χ0n) is 10.9. The molecule has 3 heteroatoms. The van der Waals surface area contributed by atoms with Gasteiger partial charge in [-0.05, 0) is 31.6 Å². The smallest absolute Gasteiger partial charge is 0.0469 e. The molecule has 0 bridgehead atoms. The average Bonchev–Trinajstić information content (AvgIpc) is 2.83. The number of hydrogen-bond acceptors (Lipinski definition) is 3. The number of ether oxygens (including phenoxy) is 1. The van der Waals surface area contributed by atoms with Crippen LogP contribution in [-0.2, 0) is 4.74 Å². The normalized spacial score (nSPS) is 31.1. The second-order valence-corrected chi connectivity index (χ2v) is 6.11. The number of hydrogen-bond donors (Lipinski definition) is 1. The number of rotatable bonds is 2. The Bertz CT molecular complexity index is 245. The SMILES string of the molecule is C1CCC2(C1)CNCCN2CC1CCOCC1. The fourth-order valence-corrected chi connectivity index (χ4v) is 3.94. The first kappa shape index (κ1) is 11.9. The third-order valence-electron chi connectivity index (χ3n) is 5.04. The average molecular weight is 238 g/mol. The molecule has 0 unspecified atom stereocenters. The maximum atomic E-state index is 5.47. The Morgan fingerprint density at radius 3 is 2.71 bits per heavy atom. The lowest BCUT2D eigenvalue weighted by Gasteiger charge is -2.47. The van der Waals surface area contributed by atoms with Gasteiger partial charge < -0.3 is 10.1 Å². The van der Waals surface area contributed by atoms with E-state index in [4.69, 9.17) is 4.74 Å². The molecular formula is C14H26N2O. The molecule has 3 fully saturated rings. The lowest BCUT2D eigenvalue weighted by molar-refractivity contribution is 0.0114. The van der Waals surface area contributed by atoms with Gasteiger partial charge in [-0.15, -0.1) is 0 Å². The molecule has 0 amide bonds. The molecule has 17 heavy (non-hydrogen) atoms. The van der Waals surface area contributed by atoms with E-state index in [0.717, 1.165) is 19.1 Å². The first-order valence-electron chi connectivity index (χ1n) is 7.43. The van der Waals surface area contributed by atoms with Crippen LogP contribution in [0.3, 0.4) is 0 Å². The van der Waals surface area contributed by atoms with E-state index in [9.17, 15) is 0 Å². The van der Waals surface area contributed by atoms with Crippen molar-refractivity contribution >= 4 is 0 Å². The minimum Gasteiger partial charge on any atom is -0.381 e. The Hall–Kier alpha value is -0.120. The highest BCUT2D eigenvalue weighted by atomic mass is 16.5. The Morgan fingerprint density at radius 2 is 1.94 bits per heavy atom. The maximum absolute atomic E-state index is 5.47. The van der Waals surface area contributed by atoms with Crippen molar-refractivity contribution in [2.45, 2.75) is 44.1 Å². The zero-order chi connectivity index (χ0) is 11.6. The Morgan fingerprint density at radius 1 is 1.18 bits per heavy atom. The molecule has 0 atom stereocenters. The minimum absolute atomic E-state index is 0.524. The summed E-state index contributed by atoms with van der Waals surface area (Å²) in [5.41, 5.74) is 0.524. The minimum atomic E-state index is 0.524. The van der Waals surface area contributed by atoms with Crippen LogP contribution in [0.1, 0.15) is 38.5 Å². The highest BCUT2D eigenvalue weighted by Crippen LogP contribution is 2.37. The third-order valence-corrected chi connectivity index (χ3v) is 5.04. The first-order chi connectivity index (χ1) is 8.39. The molecule has 2 saturated heterocycles. The summed E-state index contributed by atoms with van der Waals surface area (Å²) in [5.74, 6) is 0.888. The predicted octanol–water partition coefficient (Wildman–Crippen LogP) is 1.63. The second kappa shape index (κ2) is 5.25. The van der Waals surface area contributed by atoms with Gasteiger partial charge in [0.05, 0.1) is 0 Å². The van der Waals surface area contributed by atoms with E-state index in [1.54, 1.807) is 0 Å². The Balaban J connectivity index is 1.62. The maximum Gasteiger partial charge on any atom is 0.0469 e. The summed E-state index contributed by atoms with van der Waals surface area (Å²) in [4.78, 5) is 2.83. The van der Waals surface area contributed by atoms with E-state index in [2.05, 4.69) is 10.2 Å². The molecule has 98 valence electrons. The van der Waals surface area contributed by atoms with Crippen LogP contribution in [0.4, 0.5) is 0 Å². The molecule has 1 saturated carbocycles. The zero-order valence-corrected chi connectivity index (χ0v) is 10.9. The summed E-state index contributed by atoms with van der Waals surface area (Å²) < 4.78 is 5.47. The van der Waals surface area contributed by atoms with Crippen LogP contribution in [0.25, 0.3) is 0 Å². The van der Waals surface area contributed by atoms with Crippen molar-refractivity contribution in [3.63, 3.8) is 0 Å². The molecule has 3 nitrogen and oxygen atoms in total. The fraction of sp³-hybridized carbons (Fsp3) is 1.00. The van der Waals surface area contributed by atoms with Gasteiger partial charge in [-0.25, -0.2) is 0 Å². The molecule has 1 spiro atoms. The van der Waals surface area contributed by atoms with Gasteiger partial charge in [-0.2, -0.15) is 0 Å². The molecule has 1 N–H and O–H groups in total. The van der Waals surface area contributed by atoms with Gasteiger partial charge in [0.2, 0.25) is 0 Å². The van der Waals surface area contributed by atoms with Crippen LogP contribution < -0.4 is 5.32 Å². The van der Waals surface area contributed by atoms with E-state index in [0.29, 0.717) is 5.54 Å². The fourth-order valence-electron chi connectivity index (χ4n) is 3.94. The predicted molar refractivity (Wildman–Crippen MR) is 69.2 cm³/mol. The van der Waals surface area contributed by atoms with Crippen molar-refractivity contribution in [3.05, 3.63) is 0 Å². The molecule has 2 heterocycles. The largest absolute Gasteiger partial charge is 0.381 e. The summed E-state index contributed by atoms with van der Waals surface area (Å²) in [5, 5.41) is 3.62. The number of nitrogens with zero attached hydrogens (tertiary/aromatic N) is 1. The lowest BCUT2D eigenvalue weighted by atomic mass is 9.90. The molecule has 3 rings (SSSR count). The van der Waals surface area contributed by atoms with Crippen molar-refractivity contribution in [3.8, 4) is 0 Å². The van der Waals surface area contributed by atoms with Gasteiger partial charge in [0.25, 0.3) is 0 Å². The summed E-state index contributed by atoms with van der Waals surface area (Å²) in [6, 6.07) is 0. The van der Waals surface area contributed by atoms with Gasteiger partial charge >= 0.3 is 0 Å². The van der Waals surface area contributed by atoms with Crippen LogP contribution in [0, 0.1) is 5.92 Å². The van der Waals surface area contributed by atoms with Crippen LogP contribution in [0.2, 0.25) is 0 Å². The van der Waals surface area contributed by atoms with Crippen molar-refractivity contribution in [1.82, 2.24) is 10.2 Å². The quantitative estimate of drug-likeness (QED) is 0.791. The molecular weight excluding hydrogens is 212 g/mol. The van der Waals surface area contributed by atoms with E-state index in [1.165, 1.54) is 64.7 Å². The highest BCUT2D eigenvalue weighted by molar-refractivity contribution is 4.99. The van der Waals surface area contributed by atoms with Crippen LogP contribution in [0.5, 0.6) is 0 Å². The second-order valence-electron chi connectivity index (χ2n) is 6.11. The number of nitrogens with one attached hydrogen (secondary N) is 1. The van der Waals surface area contributed by atoms with E-state index in [-0.39, 0.29) is 0 Å². The standard InChI is InChI=1S/C14H26N2O/c1-2-6-14(5-1)12-15-7-8-16(14)11-13-3-9-17-10-4-13/h13,15H,1-12H2. The van der Waals surface area contributed by atoms with E-state index >= 15 is 0 Å². The van der Waals surface area contributed by atoms with Crippen molar-refractivity contribution in [1.29, 1.82) is 0 Å². The van der Waals surface area contributed by atoms with Gasteiger partial charge in [-0.1, -0.05) is 12.8 Å². The highest BCUT2D eigenvalue weighted by Gasteiger charge is 2.41. The molecule has 2 aliphatic heterocycles. The van der Waals surface area contributed by atoms with Gasteiger partial charge in [0.15, 0.2) is 0 Å². The van der Waals surface area contributed by atoms with Gasteiger partial charge in [0.1, 0.15) is 0 Å². The van der Waals surface area contributed by atoms with Crippen molar-refractivity contribution in [2.75, 3.05) is 39.4 Å². The first-order valence-corrected chi connectivity index (χ1v) is 7.43. The topological polar surface area (TPSA) is 24.5 Å². The van der Waals surface area contributed by atoms with Crippen LogP contribution in [-0.4, -0.2) is 49.8 Å². The Kier molecular flexibility index (Phi) is 3.69. The lowest BCUT2D eigenvalue weighted by Crippen LogP contribution is -2.60. The summed E-state index contributed by atoms with van der Waals surface area (Å²) in [6.07, 6.45) is 8.27. The third kappa shape index (κ3) is 2.51. The Labute approximate surface area is 105 Å². The monoisotopic (exact) mass is 238 g/mol. The molecule has 0 aromatic heterocycles. The van der Waals surface area contributed by atoms with Crippen molar-refractivity contribution in [2.24, 2.45) is 5.92 Å². The summed E-state index contributed by atoms with van der Waals surface area (Å²) in [7, 11) is 0. The molecule has 0 aromatic rings.